The fraction of sp³-hybridized carbons (Fsp3) is 0.222. The third-order valence-electron chi connectivity index (χ3n) is 2.98. The number of furan rings is 1. The first-order valence-corrected chi connectivity index (χ1v) is 7.85. The number of terminal acetylenes is 1. The van der Waals surface area contributed by atoms with Crippen LogP contribution in [0, 0.1) is 19.3 Å². The van der Waals surface area contributed by atoms with E-state index in [-0.39, 0.29) is 12.4 Å². The van der Waals surface area contributed by atoms with E-state index in [9.17, 15) is 4.79 Å². The van der Waals surface area contributed by atoms with Crippen molar-refractivity contribution in [2.45, 2.75) is 13.8 Å². The summed E-state index contributed by atoms with van der Waals surface area (Å²) in [6, 6.07) is 6.58. The summed E-state index contributed by atoms with van der Waals surface area (Å²) in [6.45, 7) is 4.09. The molecule has 0 radical (unpaired) electrons. The summed E-state index contributed by atoms with van der Waals surface area (Å²) >= 11 is 6.21. The number of nitrogens with zero attached hydrogens (tertiary/aromatic N) is 1. The Morgan fingerprint density at radius 3 is 2.88 bits per heavy atom. The monoisotopic (exact) mass is 360 g/mol. The molecule has 1 aromatic carbocycles. The van der Waals surface area contributed by atoms with Crippen LogP contribution in [-0.4, -0.2) is 25.3 Å². The van der Waals surface area contributed by atoms with E-state index in [0.717, 1.165) is 0 Å². The van der Waals surface area contributed by atoms with Crippen molar-refractivity contribution in [2.75, 3.05) is 13.2 Å². The highest BCUT2D eigenvalue weighted by atomic mass is 35.5. The third kappa shape index (κ3) is 5.03. The van der Waals surface area contributed by atoms with Crippen molar-refractivity contribution in [1.29, 1.82) is 0 Å². The molecule has 0 bridgehead atoms. The first-order valence-electron chi connectivity index (χ1n) is 7.47. The summed E-state index contributed by atoms with van der Waals surface area (Å²) in [5, 5.41) is 4.22. The topological polar surface area (TPSA) is 73.1 Å². The van der Waals surface area contributed by atoms with Gasteiger partial charge in [0.05, 0.1) is 17.8 Å². The zero-order valence-electron chi connectivity index (χ0n) is 13.8. The van der Waals surface area contributed by atoms with Crippen molar-refractivity contribution in [3.63, 3.8) is 0 Å². The Bertz CT molecular complexity index is 821. The van der Waals surface area contributed by atoms with E-state index in [1.54, 1.807) is 31.2 Å². The van der Waals surface area contributed by atoms with Gasteiger partial charge in [0.25, 0.3) is 0 Å². The lowest BCUT2D eigenvalue weighted by molar-refractivity contribution is 0.0926. The second-order valence-corrected chi connectivity index (χ2v) is 5.27. The number of hydrogen-bond donors (Lipinski definition) is 1. The van der Waals surface area contributed by atoms with Crippen molar-refractivity contribution in [1.82, 2.24) is 5.43 Å². The highest BCUT2D eigenvalue weighted by molar-refractivity contribution is 6.32. The number of benzene rings is 1. The fourth-order valence-electron chi connectivity index (χ4n) is 1.96. The fourth-order valence-corrected chi connectivity index (χ4v) is 2.23. The second-order valence-electron chi connectivity index (χ2n) is 4.87. The van der Waals surface area contributed by atoms with Gasteiger partial charge in [-0.05, 0) is 43.7 Å². The molecule has 0 atom stereocenters. The van der Waals surface area contributed by atoms with Gasteiger partial charge in [0.1, 0.15) is 12.4 Å². The van der Waals surface area contributed by atoms with Crippen molar-refractivity contribution in [3.8, 4) is 23.8 Å². The number of rotatable bonds is 7. The largest absolute Gasteiger partial charge is 0.490 e. The Labute approximate surface area is 150 Å². The second kappa shape index (κ2) is 8.81. The minimum Gasteiger partial charge on any atom is -0.490 e. The predicted octanol–water partition coefficient (Wildman–Crippen LogP) is 3.42. The summed E-state index contributed by atoms with van der Waals surface area (Å²) < 4.78 is 16.1. The van der Waals surface area contributed by atoms with Crippen LogP contribution in [0.25, 0.3) is 0 Å². The highest BCUT2D eigenvalue weighted by Gasteiger charge is 2.12. The molecule has 1 aromatic heterocycles. The van der Waals surface area contributed by atoms with Gasteiger partial charge in [-0.15, -0.1) is 6.42 Å². The van der Waals surface area contributed by atoms with Crippen LogP contribution in [0.1, 0.15) is 28.8 Å². The van der Waals surface area contributed by atoms with Crippen molar-refractivity contribution in [2.24, 2.45) is 5.10 Å². The molecule has 0 spiro atoms. The number of carbonyl (C=O) groups excluding carboxylic acids is 1. The van der Waals surface area contributed by atoms with Gasteiger partial charge in [0.15, 0.2) is 17.3 Å². The SMILES string of the molecule is C#CCOc1c(Cl)cc(/C=N/NC(=O)c2ccc(C)o2)cc1OCC. The minimum atomic E-state index is -0.450. The van der Waals surface area contributed by atoms with Crippen molar-refractivity contribution in [3.05, 3.63) is 46.4 Å². The van der Waals surface area contributed by atoms with Crippen molar-refractivity contribution < 1.29 is 18.7 Å². The van der Waals surface area contributed by atoms with E-state index in [1.165, 1.54) is 6.21 Å². The number of amides is 1. The molecule has 2 aromatic rings. The molecule has 0 aliphatic rings. The lowest BCUT2D eigenvalue weighted by Crippen LogP contribution is -2.16. The zero-order chi connectivity index (χ0) is 18.2. The average molecular weight is 361 g/mol. The summed E-state index contributed by atoms with van der Waals surface area (Å²) in [4.78, 5) is 11.8. The normalized spacial score (nSPS) is 10.5. The lowest BCUT2D eigenvalue weighted by atomic mass is 10.2. The van der Waals surface area contributed by atoms with Crippen LogP contribution in [0.15, 0.2) is 33.8 Å². The third-order valence-corrected chi connectivity index (χ3v) is 3.26. The predicted molar refractivity (Wildman–Crippen MR) is 95.5 cm³/mol. The minimum absolute atomic E-state index is 0.0752. The molecule has 0 fully saturated rings. The van der Waals surface area contributed by atoms with Crippen LogP contribution in [0.3, 0.4) is 0 Å². The van der Waals surface area contributed by atoms with E-state index in [1.807, 2.05) is 6.92 Å². The first kappa shape index (κ1) is 18.4. The maximum absolute atomic E-state index is 11.8. The Balaban J connectivity index is 2.13. The summed E-state index contributed by atoms with van der Waals surface area (Å²) in [6.07, 6.45) is 6.63. The molecule has 0 saturated carbocycles. The number of carbonyl (C=O) groups is 1. The molecular formula is C18H17ClN2O4. The van der Waals surface area contributed by atoms with Gasteiger partial charge in [0, 0.05) is 0 Å². The molecule has 6 nitrogen and oxygen atoms in total. The number of halogens is 1. The average Bonchev–Trinajstić information content (AvgIpc) is 3.01. The molecule has 0 saturated heterocycles. The smallest absolute Gasteiger partial charge is 0.307 e. The molecule has 1 heterocycles. The molecule has 25 heavy (non-hydrogen) atoms. The maximum atomic E-state index is 11.8. The Kier molecular flexibility index (Phi) is 6.49. The van der Waals surface area contributed by atoms with E-state index in [0.29, 0.717) is 34.5 Å². The van der Waals surface area contributed by atoms with Crippen LogP contribution >= 0.6 is 11.6 Å². The standard InChI is InChI=1S/C18H17ClN2O4/c1-4-8-24-17-14(19)9-13(10-16(17)23-5-2)11-20-21-18(22)15-7-6-12(3)25-15/h1,6-7,9-11H,5,8H2,2-3H3,(H,21,22)/b20-11+. The van der Waals surface area contributed by atoms with Gasteiger partial charge in [-0.1, -0.05) is 17.5 Å². The Morgan fingerprint density at radius 1 is 1.44 bits per heavy atom. The van der Waals surface area contributed by atoms with E-state index >= 15 is 0 Å². The summed E-state index contributed by atoms with van der Waals surface area (Å²) in [5.74, 6) is 3.56. The molecule has 7 heteroatoms. The van der Waals surface area contributed by atoms with Gasteiger partial charge in [0.2, 0.25) is 0 Å². The van der Waals surface area contributed by atoms with Gasteiger partial charge in [-0.25, -0.2) is 5.43 Å². The molecular weight excluding hydrogens is 344 g/mol. The number of ether oxygens (including phenoxy) is 2. The van der Waals surface area contributed by atoms with Crippen LogP contribution in [0.4, 0.5) is 0 Å². The van der Waals surface area contributed by atoms with Crippen LogP contribution < -0.4 is 14.9 Å². The Morgan fingerprint density at radius 2 is 2.24 bits per heavy atom. The number of hydrogen-bond acceptors (Lipinski definition) is 5. The van der Waals surface area contributed by atoms with Gasteiger partial charge >= 0.3 is 5.91 Å². The molecule has 0 unspecified atom stereocenters. The lowest BCUT2D eigenvalue weighted by Gasteiger charge is -2.12. The molecule has 2 rings (SSSR count). The zero-order valence-corrected chi connectivity index (χ0v) is 14.6. The highest BCUT2D eigenvalue weighted by Crippen LogP contribution is 2.36. The molecule has 1 amide bonds. The van der Waals surface area contributed by atoms with E-state index < -0.39 is 5.91 Å². The molecule has 0 aliphatic heterocycles. The number of nitrogens with one attached hydrogen (secondary N) is 1. The van der Waals surface area contributed by atoms with E-state index in [2.05, 4.69) is 16.4 Å². The van der Waals surface area contributed by atoms with Crippen LogP contribution in [0.5, 0.6) is 11.5 Å². The summed E-state index contributed by atoms with van der Waals surface area (Å²) in [5.41, 5.74) is 3.00. The Hall–Kier alpha value is -2.91. The van der Waals surface area contributed by atoms with Crippen LogP contribution in [0.2, 0.25) is 5.02 Å². The van der Waals surface area contributed by atoms with Crippen molar-refractivity contribution >= 4 is 23.7 Å². The molecule has 130 valence electrons. The van der Waals surface area contributed by atoms with Crippen LogP contribution in [-0.2, 0) is 0 Å². The number of hydrazone groups is 1. The molecule has 1 N–H and O–H groups in total. The van der Waals surface area contributed by atoms with Gasteiger partial charge in [-0.3, -0.25) is 4.79 Å². The van der Waals surface area contributed by atoms with E-state index in [4.69, 9.17) is 31.9 Å². The quantitative estimate of drug-likeness (QED) is 0.466. The van der Waals surface area contributed by atoms with Gasteiger partial charge < -0.3 is 13.9 Å². The summed E-state index contributed by atoms with van der Waals surface area (Å²) in [7, 11) is 0. The first-order chi connectivity index (χ1) is 12.0. The number of aryl methyl sites for hydroxylation is 1. The van der Waals surface area contributed by atoms with Gasteiger partial charge in [-0.2, -0.15) is 5.10 Å². The molecule has 0 aliphatic carbocycles. The maximum Gasteiger partial charge on any atom is 0.307 e.